The third-order valence-corrected chi connectivity index (χ3v) is 6.87. The molecule has 1 atom stereocenters. The molecule has 1 N–H and O–H groups in total. The number of carbonyl (C=O) groups is 1. The van der Waals surface area contributed by atoms with Gasteiger partial charge in [0.15, 0.2) is 5.82 Å². The minimum atomic E-state index is -0.768. The number of rotatable bonds is 6. The second-order valence-corrected chi connectivity index (χ2v) is 8.90. The van der Waals surface area contributed by atoms with Crippen LogP contribution in [-0.4, -0.2) is 21.0 Å². The Kier molecular flexibility index (Phi) is 6.93. The van der Waals surface area contributed by atoms with E-state index in [4.69, 9.17) is 5.11 Å². The molecule has 0 saturated heterocycles. The van der Waals surface area contributed by atoms with Crippen molar-refractivity contribution in [2.75, 3.05) is 0 Å². The molecule has 2 aliphatic rings. The number of hydrogen-bond donors (Lipinski definition) is 1. The Hall–Kier alpha value is -2.49. The number of hydrogen-bond acceptors (Lipinski definition) is 3. The topological polar surface area (TPSA) is 63.1 Å². The Morgan fingerprint density at radius 3 is 2.30 bits per heavy atom. The van der Waals surface area contributed by atoms with E-state index in [1.54, 1.807) is 0 Å². The molecule has 0 amide bonds. The summed E-state index contributed by atoms with van der Waals surface area (Å²) in [5.41, 5.74) is 4.55. The van der Waals surface area contributed by atoms with Crippen LogP contribution in [0, 0.1) is 11.8 Å². The van der Waals surface area contributed by atoms with Crippen LogP contribution in [0.3, 0.4) is 0 Å². The molecule has 0 bridgehead atoms. The van der Waals surface area contributed by atoms with Crippen molar-refractivity contribution in [1.82, 2.24) is 9.97 Å². The van der Waals surface area contributed by atoms with Gasteiger partial charge in [0, 0.05) is 29.9 Å². The van der Waals surface area contributed by atoms with E-state index in [0.29, 0.717) is 6.42 Å². The molecule has 1 saturated carbocycles. The first kappa shape index (κ1) is 20.8. The molecule has 1 aromatic heterocycles. The molecular weight excluding hydrogens is 372 g/mol. The van der Waals surface area contributed by atoms with E-state index in [0.717, 1.165) is 40.8 Å². The van der Waals surface area contributed by atoms with E-state index in [1.807, 2.05) is 36.7 Å². The normalized spacial score (nSPS) is 20.4. The predicted octanol–water partition coefficient (Wildman–Crippen LogP) is 6.31. The van der Waals surface area contributed by atoms with Gasteiger partial charge in [-0.05, 0) is 55.1 Å². The van der Waals surface area contributed by atoms with E-state index in [-0.39, 0.29) is 6.42 Å². The van der Waals surface area contributed by atoms with Gasteiger partial charge in [0.25, 0.3) is 0 Å². The number of carboxylic acid groups (broad SMARTS) is 1. The summed E-state index contributed by atoms with van der Waals surface area (Å²) in [5, 5.41) is 8.81. The van der Waals surface area contributed by atoms with Crippen molar-refractivity contribution in [3.05, 3.63) is 53.9 Å². The van der Waals surface area contributed by atoms with Gasteiger partial charge in [-0.25, -0.2) is 9.97 Å². The van der Waals surface area contributed by atoms with Gasteiger partial charge in [-0.15, -0.1) is 0 Å². The van der Waals surface area contributed by atoms with Gasteiger partial charge in [-0.1, -0.05) is 62.4 Å². The summed E-state index contributed by atoms with van der Waals surface area (Å²) in [4.78, 5) is 20.0. The second kappa shape index (κ2) is 10.0. The zero-order valence-corrected chi connectivity index (χ0v) is 17.7. The van der Waals surface area contributed by atoms with Gasteiger partial charge in [0.2, 0.25) is 0 Å². The van der Waals surface area contributed by atoms with Crippen molar-refractivity contribution in [2.24, 2.45) is 11.8 Å². The average Bonchev–Trinajstić information content (AvgIpc) is 3.05. The molecule has 4 rings (SSSR count). The highest BCUT2D eigenvalue weighted by Crippen LogP contribution is 2.38. The lowest BCUT2D eigenvalue weighted by molar-refractivity contribution is -0.136. The van der Waals surface area contributed by atoms with Crippen molar-refractivity contribution in [1.29, 1.82) is 0 Å². The maximum absolute atomic E-state index is 10.7. The van der Waals surface area contributed by atoms with Crippen LogP contribution in [-0.2, 0) is 11.2 Å². The molecule has 1 heterocycles. The van der Waals surface area contributed by atoms with Gasteiger partial charge < -0.3 is 5.11 Å². The summed E-state index contributed by atoms with van der Waals surface area (Å²) in [5.74, 6) is 1.75. The Morgan fingerprint density at radius 2 is 1.60 bits per heavy atom. The standard InChI is InChI=1S/C26H32N2O2/c29-25(30)16-11-19-9-12-23(13-10-19)26-27-17-24(18-28-26)22-8-4-7-21(14-15-22)20-5-2-1-3-6-20/h9-10,12-13,15,17-18,20-21H,1-8,11,14,16H2,(H,29,30). The van der Waals surface area contributed by atoms with Crippen molar-refractivity contribution in [3.63, 3.8) is 0 Å². The number of aromatic nitrogens is 2. The lowest BCUT2D eigenvalue weighted by Gasteiger charge is -2.29. The van der Waals surface area contributed by atoms with Gasteiger partial charge in [-0.2, -0.15) is 0 Å². The fourth-order valence-corrected chi connectivity index (χ4v) is 5.08. The zero-order valence-electron chi connectivity index (χ0n) is 17.7. The maximum atomic E-state index is 10.7. The molecule has 2 aromatic rings. The molecule has 0 spiro atoms. The van der Waals surface area contributed by atoms with Gasteiger partial charge in [0.1, 0.15) is 0 Å². The van der Waals surface area contributed by atoms with Crippen LogP contribution < -0.4 is 0 Å². The lowest BCUT2D eigenvalue weighted by Crippen LogP contribution is -2.17. The zero-order chi connectivity index (χ0) is 20.8. The SMILES string of the molecule is O=C(O)CCc1ccc(-c2ncc(C3=CCC(C4CCCCC4)CCC3)cn2)cc1. The molecule has 1 fully saturated rings. The largest absolute Gasteiger partial charge is 0.481 e. The minimum absolute atomic E-state index is 0.154. The molecule has 4 heteroatoms. The number of aliphatic carboxylic acids is 1. The Bertz CT molecular complexity index is 865. The van der Waals surface area contributed by atoms with E-state index in [9.17, 15) is 4.79 Å². The Morgan fingerprint density at radius 1 is 0.900 bits per heavy atom. The van der Waals surface area contributed by atoms with Gasteiger partial charge in [-0.3, -0.25) is 4.79 Å². The molecular formula is C26H32N2O2. The van der Waals surface area contributed by atoms with Gasteiger partial charge >= 0.3 is 5.97 Å². The van der Waals surface area contributed by atoms with Crippen molar-refractivity contribution < 1.29 is 9.90 Å². The first-order chi connectivity index (χ1) is 14.7. The number of benzene rings is 1. The summed E-state index contributed by atoms with van der Waals surface area (Å²) in [6.07, 6.45) is 19.2. The molecule has 2 aliphatic carbocycles. The van der Waals surface area contributed by atoms with Crippen LogP contribution in [0.5, 0.6) is 0 Å². The average molecular weight is 405 g/mol. The smallest absolute Gasteiger partial charge is 0.303 e. The van der Waals surface area contributed by atoms with Crippen molar-refractivity contribution in [2.45, 2.75) is 70.6 Å². The molecule has 4 nitrogen and oxygen atoms in total. The van der Waals surface area contributed by atoms with E-state index < -0.39 is 5.97 Å². The van der Waals surface area contributed by atoms with Crippen molar-refractivity contribution >= 4 is 11.5 Å². The minimum Gasteiger partial charge on any atom is -0.481 e. The van der Waals surface area contributed by atoms with Crippen LogP contribution in [0.1, 0.15) is 75.3 Å². The highest BCUT2D eigenvalue weighted by atomic mass is 16.4. The fraction of sp³-hybridized carbons (Fsp3) is 0.500. The summed E-state index contributed by atoms with van der Waals surface area (Å²) in [6.45, 7) is 0. The molecule has 1 unspecified atom stereocenters. The number of allylic oxidation sites excluding steroid dienone is 2. The van der Waals surface area contributed by atoms with E-state index in [2.05, 4.69) is 16.0 Å². The van der Waals surface area contributed by atoms with Gasteiger partial charge in [0.05, 0.1) is 0 Å². The highest BCUT2D eigenvalue weighted by molar-refractivity contribution is 5.67. The fourth-order valence-electron chi connectivity index (χ4n) is 5.08. The molecule has 1 aromatic carbocycles. The van der Waals surface area contributed by atoms with Crippen LogP contribution in [0.15, 0.2) is 42.7 Å². The third kappa shape index (κ3) is 5.35. The van der Waals surface area contributed by atoms with Crippen LogP contribution >= 0.6 is 0 Å². The number of carboxylic acids is 1. The number of aryl methyl sites for hydroxylation is 1. The van der Waals surface area contributed by atoms with E-state index >= 15 is 0 Å². The summed E-state index contributed by atoms with van der Waals surface area (Å²) < 4.78 is 0. The third-order valence-electron chi connectivity index (χ3n) is 6.87. The first-order valence-corrected chi connectivity index (χ1v) is 11.5. The summed E-state index contributed by atoms with van der Waals surface area (Å²) in [7, 11) is 0. The summed E-state index contributed by atoms with van der Waals surface area (Å²) in [6, 6.07) is 7.89. The first-order valence-electron chi connectivity index (χ1n) is 11.5. The molecule has 0 radical (unpaired) electrons. The lowest BCUT2D eigenvalue weighted by atomic mass is 9.77. The maximum Gasteiger partial charge on any atom is 0.303 e. The predicted molar refractivity (Wildman–Crippen MR) is 120 cm³/mol. The second-order valence-electron chi connectivity index (χ2n) is 8.90. The Labute approximate surface area is 179 Å². The molecule has 30 heavy (non-hydrogen) atoms. The highest BCUT2D eigenvalue weighted by Gasteiger charge is 2.24. The number of nitrogens with zero attached hydrogens (tertiary/aromatic N) is 2. The van der Waals surface area contributed by atoms with Crippen LogP contribution in [0.2, 0.25) is 0 Å². The van der Waals surface area contributed by atoms with Crippen LogP contribution in [0.4, 0.5) is 0 Å². The van der Waals surface area contributed by atoms with E-state index in [1.165, 1.54) is 56.9 Å². The summed E-state index contributed by atoms with van der Waals surface area (Å²) >= 11 is 0. The monoisotopic (exact) mass is 404 g/mol. The Balaban J connectivity index is 1.40. The molecule has 0 aliphatic heterocycles. The quantitative estimate of drug-likeness (QED) is 0.612. The van der Waals surface area contributed by atoms with Crippen LogP contribution in [0.25, 0.3) is 17.0 Å². The molecule has 158 valence electrons. The van der Waals surface area contributed by atoms with Crippen molar-refractivity contribution in [3.8, 4) is 11.4 Å².